The van der Waals surface area contributed by atoms with Crippen molar-refractivity contribution in [3.63, 3.8) is 0 Å². The normalized spacial score (nSPS) is 17.2. The summed E-state index contributed by atoms with van der Waals surface area (Å²) < 4.78 is 0. The Morgan fingerprint density at radius 3 is 2.71 bits per heavy atom. The highest BCUT2D eigenvalue weighted by Gasteiger charge is 2.24. The zero-order chi connectivity index (χ0) is 15.2. The van der Waals surface area contributed by atoms with Gasteiger partial charge in [-0.3, -0.25) is 4.79 Å². The molecule has 5 heteroatoms. The molecule has 2 rings (SSSR count). The second-order valence-electron chi connectivity index (χ2n) is 5.62. The van der Waals surface area contributed by atoms with Crippen molar-refractivity contribution in [2.24, 2.45) is 5.92 Å². The lowest BCUT2D eigenvalue weighted by molar-refractivity contribution is 0.0690. The van der Waals surface area contributed by atoms with E-state index >= 15 is 0 Å². The van der Waals surface area contributed by atoms with Crippen LogP contribution in [0.5, 0.6) is 0 Å². The fourth-order valence-electron chi connectivity index (χ4n) is 3.03. The smallest absolute Gasteiger partial charge is 0.354 e. The summed E-state index contributed by atoms with van der Waals surface area (Å²) in [5.41, 5.74) is 0.255. The predicted octanol–water partition coefficient (Wildman–Crippen LogP) is 2.87. The summed E-state index contributed by atoms with van der Waals surface area (Å²) in [6.45, 7) is 2.08. The van der Waals surface area contributed by atoms with E-state index in [4.69, 9.17) is 5.11 Å². The van der Waals surface area contributed by atoms with Crippen LogP contribution in [-0.4, -0.2) is 28.0 Å². The van der Waals surface area contributed by atoms with Gasteiger partial charge in [-0.05, 0) is 37.3 Å². The number of amides is 1. The molecule has 1 unspecified atom stereocenters. The number of carboxylic acids is 1. The van der Waals surface area contributed by atoms with E-state index in [1.165, 1.54) is 31.5 Å². The number of nitrogens with one attached hydrogen (secondary N) is 1. The summed E-state index contributed by atoms with van der Waals surface area (Å²) in [5, 5.41) is 12.0. The lowest BCUT2D eigenvalue weighted by Crippen LogP contribution is -2.40. The molecule has 1 aromatic rings. The van der Waals surface area contributed by atoms with E-state index in [1.54, 1.807) is 6.07 Å². The quantitative estimate of drug-likeness (QED) is 0.874. The van der Waals surface area contributed by atoms with Crippen molar-refractivity contribution in [1.29, 1.82) is 0 Å². The van der Waals surface area contributed by atoms with Gasteiger partial charge in [0.15, 0.2) is 0 Å². The first-order valence-corrected chi connectivity index (χ1v) is 7.62. The van der Waals surface area contributed by atoms with Crippen LogP contribution in [-0.2, 0) is 0 Å². The largest absolute Gasteiger partial charge is 0.477 e. The Bertz CT molecular complexity index is 510. The topological polar surface area (TPSA) is 79.3 Å². The summed E-state index contributed by atoms with van der Waals surface area (Å²) in [4.78, 5) is 26.9. The summed E-state index contributed by atoms with van der Waals surface area (Å²) in [5.74, 6) is -0.797. The van der Waals surface area contributed by atoms with Crippen molar-refractivity contribution in [3.8, 4) is 0 Å². The van der Waals surface area contributed by atoms with Crippen molar-refractivity contribution in [2.45, 2.75) is 51.5 Å². The first-order chi connectivity index (χ1) is 10.1. The van der Waals surface area contributed by atoms with Crippen LogP contribution < -0.4 is 5.32 Å². The number of carbonyl (C=O) groups excluding carboxylic acids is 1. The van der Waals surface area contributed by atoms with Crippen molar-refractivity contribution in [2.75, 3.05) is 0 Å². The van der Waals surface area contributed by atoms with Gasteiger partial charge < -0.3 is 10.4 Å². The molecule has 0 radical (unpaired) electrons. The van der Waals surface area contributed by atoms with Crippen molar-refractivity contribution < 1.29 is 14.7 Å². The zero-order valence-corrected chi connectivity index (χ0v) is 12.3. The summed E-state index contributed by atoms with van der Waals surface area (Å²) in [7, 11) is 0. The van der Waals surface area contributed by atoms with Gasteiger partial charge in [0.25, 0.3) is 5.91 Å². The number of aromatic carboxylic acids is 1. The molecule has 1 heterocycles. The summed E-state index contributed by atoms with van der Waals surface area (Å²) >= 11 is 0. The number of pyridine rings is 1. The highest BCUT2D eigenvalue weighted by atomic mass is 16.4. The highest BCUT2D eigenvalue weighted by molar-refractivity contribution is 5.96. The van der Waals surface area contributed by atoms with Crippen LogP contribution in [0.2, 0.25) is 0 Å². The first-order valence-electron chi connectivity index (χ1n) is 7.62. The SMILES string of the molecule is CCC(NC(=O)c1ccnc(C(=O)O)c1)C1CCCCC1. The third kappa shape index (κ3) is 4.03. The number of rotatable bonds is 5. The standard InChI is InChI=1S/C16H22N2O3/c1-2-13(11-6-4-3-5-7-11)18-15(19)12-8-9-17-14(10-12)16(20)21/h8-11,13H,2-7H2,1H3,(H,18,19)(H,20,21). The predicted molar refractivity (Wildman–Crippen MR) is 79.3 cm³/mol. The van der Waals surface area contributed by atoms with Crippen LogP contribution in [0, 0.1) is 5.92 Å². The van der Waals surface area contributed by atoms with Crippen molar-refractivity contribution >= 4 is 11.9 Å². The van der Waals surface area contributed by atoms with E-state index in [1.807, 2.05) is 0 Å². The van der Waals surface area contributed by atoms with Gasteiger partial charge in [-0.2, -0.15) is 0 Å². The van der Waals surface area contributed by atoms with Gasteiger partial charge >= 0.3 is 5.97 Å². The maximum absolute atomic E-state index is 12.3. The maximum Gasteiger partial charge on any atom is 0.354 e. The molecule has 0 bridgehead atoms. The molecule has 0 aliphatic heterocycles. The second kappa shape index (κ2) is 7.20. The molecule has 21 heavy (non-hydrogen) atoms. The molecule has 1 amide bonds. The van der Waals surface area contributed by atoms with Gasteiger partial charge in [-0.1, -0.05) is 26.2 Å². The number of nitrogens with zero attached hydrogens (tertiary/aromatic N) is 1. The van der Waals surface area contributed by atoms with Crippen LogP contribution in [0.4, 0.5) is 0 Å². The number of aromatic nitrogens is 1. The molecule has 0 spiro atoms. The third-order valence-corrected chi connectivity index (χ3v) is 4.22. The number of carbonyl (C=O) groups is 2. The molecule has 1 aromatic heterocycles. The fraction of sp³-hybridized carbons (Fsp3) is 0.562. The van der Waals surface area contributed by atoms with Gasteiger partial charge in [0, 0.05) is 17.8 Å². The highest BCUT2D eigenvalue weighted by Crippen LogP contribution is 2.27. The average molecular weight is 290 g/mol. The Morgan fingerprint density at radius 1 is 1.38 bits per heavy atom. The minimum Gasteiger partial charge on any atom is -0.477 e. The van der Waals surface area contributed by atoms with Crippen LogP contribution in [0.1, 0.15) is 66.3 Å². The van der Waals surface area contributed by atoms with Gasteiger partial charge in [-0.25, -0.2) is 9.78 Å². The van der Waals surface area contributed by atoms with Gasteiger partial charge in [0.2, 0.25) is 0 Å². The van der Waals surface area contributed by atoms with Gasteiger partial charge in [0.1, 0.15) is 5.69 Å². The van der Waals surface area contributed by atoms with Gasteiger partial charge in [-0.15, -0.1) is 0 Å². The van der Waals surface area contributed by atoms with Crippen molar-refractivity contribution in [3.05, 3.63) is 29.6 Å². The van der Waals surface area contributed by atoms with Crippen LogP contribution in [0.3, 0.4) is 0 Å². The van der Waals surface area contributed by atoms with Crippen molar-refractivity contribution in [1.82, 2.24) is 10.3 Å². The fourth-order valence-corrected chi connectivity index (χ4v) is 3.03. The summed E-state index contributed by atoms with van der Waals surface area (Å²) in [6.07, 6.45) is 8.33. The van der Waals surface area contributed by atoms with E-state index in [2.05, 4.69) is 17.2 Å². The van der Waals surface area contributed by atoms with E-state index in [0.717, 1.165) is 19.3 Å². The number of hydrogen-bond donors (Lipinski definition) is 2. The van der Waals surface area contributed by atoms with Crippen LogP contribution in [0.15, 0.2) is 18.3 Å². The first kappa shape index (κ1) is 15.5. The van der Waals surface area contributed by atoms with E-state index in [9.17, 15) is 9.59 Å². The summed E-state index contributed by atoms with van der Waals surface area (Å²) in [6, 6.07) is 3.04. The Morgan fingerprint density at radius 2 is 2.10 bits per heavy atom. The molecular weight excluding hydrogens is 268 g/mol. The molecule has 1 aliphatic carbocycles. The van der Waals surface area contributed by atoms with E-state index in [-0.39, 0.29) is 17.6 Å². The maximum atomic E-state index is 12.3. The number of carboxylic acid groups (broad SMARTS) is 1. The molecule has 114 valence electrons. The molecule has 5 nitrogen and oxygen atoms in total. The Balaban J connectivity index is 2.04. The molecule has 0 aromatic carbocycles. The Kier molecular flexibility index (Phi) is 5.31. The average Bonchev–Trinajstić information content (AvgIpc) is 2.53. The molecule has 1 saturated carbocycles. The Hall–Kier alpha value is -1.91. The minimum atomic E-state index is -1.12. The second-order valence-corrected chi connectivity index (χ2v) is 5.62. The molecule has 1 fully saturated rings. The molecule has 1 atom stereocenters. The van der Waals surface area contributed by atoms with Gasteiger partial charge in [0.05, 0.1) is 0 Å². The number of hydrogen-bond acceptors (Lipinski definition) is 3. The van der Waals surface area contributed by atoms with Crippen LogP contribution >= 0.6 is 0 Å². The van der Waals surface area contributed by atoms with E-state index in [0.29, 0.717) is 11.5 Å². The molecule has 0 saturated heterocycles. The van der Waals surface area contributed by atoms with Crippen LogP contribution in [0.25, 0.3) is 0 Å². The Labute approximate surface area is 124 Å². The monoisotopic (exact) mass is 290 g/mol. The minimum absolute atomic E-state index is 0.103. The molecular formula is C16H22N2O3. The lowest BCUT2D eigenvalue weighted by Gasteiger charge is -2.30. The third-order valence-electron chi connectivity index (χ3n) is 4.22. The lowest BCUT2D eigenvalue weighted by atomic mass is 9.83. The van der Waals surface area contributed by atoms with E-state index < -0.39 is 5.97 Å². The molecule has 2 N–H and O–H groups in total. The molecule has 1 aliphatic rings. The zero-order valence-electron chi connectivity index (χ0n) is 12.3.